The number of carbonyl (C=O) groups is 1. The molecular formula is C12H21N5OS. The maximum Gasteiger partial charge on any atom is 0.246 e. The summed E-state index contributed by atoms with van der Waals surface area (Å²) in [6.07, 6.45) is 0.842. The molecule has 19 heavy (non-hydrogen) atoms. The van der Waals surface area contributed by atoms with Crippen molar-refractivity contribution in [2.24, 2.45) is 0 Å². The summed E-state index contributed by atoms with van der Waals surface area (Å²) < 4.78 is 0. The third kappa shape index (κ3) is 3.29. The Hall–Kier alpha value is -1.05. The van der Waals surface area contributed by atoms with Crippen molar-refractivity contribution in [1.82, 2.24) is 20.4 Å². The minimum absolute atomic E-state index is 0.0202. The van der Waals surface area contributed by atoms with Crippen molar-refractivity contribution in [2.45, 2.75) is 32.7 Å². The van der Waals surface area contributed by atoms with Crippen molar-refractivity contribution >= 4 is 22.4 Å². The first kappa shape index (κ1) is 14.4. The Morgan fingerprint density at radius 1 is 1.42 bits per heavy atom. The predicted molar refractivity (Wildman–Crippen MR) is 76.4 cm³/mol. The fourth-order valence-electron chi connectivity index (χ4n) is 2.06. The molecule has 1 aliphatic rings. The second kappa shape index (κ2) is 5.94. The first-order chi connectivity index (χ1) is 9.04. The minimum atomic E-state index is -0.528. The van der Waals surface area contributed by atoms with Crippen LogP contribution < -0.4 is 10.6 Å². The molecule has 2 N–H and O–H groups in total. The molecule has 1 amide bonds. The van der Waals surface area contributed by atoms with Crippen LogP contribution in [-0.2, 0) is 11.2 Å². The smallest absolute Gasteiger partial charge is 0.246 e. The number of carbonyl (C=O) groups excluding carboxylic acids is 1. The van der Waals surface area contributed by atoms with Gasteiger partial charge >= 0.3 is 0 Å². The maximum absolute atomic E-state index is 12.4. The normalized spacial score (nSPS) is 17.4. The maximum atomic E-state index is 12.4. The third-order valence-electron chi connectivity index (χ3n) is 3.45. The molecule has 2 rings (SSSR count). The SMILES string of the molecule is CCc1nnc(NC(=O)C(C)(C)N2CCNCC2)s1. The zero-order chi connectivity index (χ0) is 13.9. The van der Waals surface area contributed by atoms with E-state index in [9.17, 15) is 4.79 Å². The van der Waals surface area contributed by atoms with Gasteiger partial charge < -0.3 is 5.32 Å². The molecule has 6 nitrogen and oxygen atoms in total. The van der Waals surface area contributed by atoms with E-state index in [0.717, 1.165) is 37.6 Å². The molecule has 0 saturated carbocycles. The lowest BCUT2D eigenvalue weighted by Gasteiger charge is -2.39. The van der Waals surface area contributed by atoms with Crippen LogP contribution in [0.15, 0.2) is 0 Å². The standard InChI is InChI=1S/C12H21N5OS/c1-4-9-15-16-11(19-9)14-10(18)12(2,3)17-7-5-13-6-8-17/h13H,4-8H2,1-3H3,(H,14,16,18). The van der Waals surface area contributed by atoms with Crippen LogP contribution in [0.25, 0.3) is 0 Å². The first-order valence-electron chi connectivity index (χ1n) is 6.63. The largest absolute Gasteiger partial charge is 0.314 e. The van der Waals surface area contributed by atoms with Crippen LogP contribution in [-0.4, -0.2) is 52.7 Å². The van der Waals surface area contributed by atoms with Crippen molar-refractivity contribution < 1.29 is 4.79 Å². The predicted octanol–water partition coefficient (Wildman–Crippen LogP) is 0.723. The summed E-state index contributed by atoms with van der Waals surface area (Å²) in [6.45, 7) is 9.56. The number of amides is 1. The number of nitrogens with one attached hydrogen (secondary N) is 2. The molecule has 1 fully saturated rings. The van der Waals surface area contributed by atoms with Crippen LogP contribution in [0.4, 0.5) is 5.13 Å². The number of hydrogen-bond acceptors (Lipinski definition) is 6. The second-order valence-electron chi connectivity index (χ2n) is 5.10. The molecule has 2 heterocycles. The summed E-state index contributed by atoms with van der Waals surface area (Å²) in [6, 6.07) is 0. The Kier molecular flexibility index (Phi) is 4.49. The Labute approximate surface area is 117 Å². The molecule has 0 atom stereocenters. The van der Waals surface area contributed by atoms with Crippen LogP contribution in [0, 0.1) is 0 Å². The highest BCUT2D eigenvalue weighted by Gasteiger charge is 2.35. The summed E-state index contributed by atoms with van der Waals surface area (Å²) in [4.78, 5) is 14.6. The van der Waals surface area contributed by atoms with Gasteiger partial charge in [0, 0.05) is 26.2 Å². The van der Waals surface area contributed by atoms with Gasteiger partial charge in [-0.2, -0.15) is 0 Å². The highest BCUT2D eigenvalue weighted by molar-refractivity contribution is 7.15. The van der Waals surface area contributed by atoms with Crippen LogP contribution >= 0.6 is 11.3 Å². The zero-order valence-electron chi connectivity index (χ0n) is 11.7. The van der Waals surface area contributed by atoms with E-state index in [-0.39, 0.29) is 5.91 Å². The van der Waals surface area contributed by atoms with Crippen molar-refractivity contribution in [2.75, 3.05) is 31.5 Å². The third-order valence-corrected chi connectivity index (χ3v) is 4.44. The average Bonchev–Trinajstić information content (AvgIpc) is 2.87. The van der Waals surface area contributed by atoms with E-state index in [1.807, 2.05) is 20.8 Å². The van der Waals surface area contributed by atoms with Gasteiger partial charge in [0.2, 0.25) is 11.0 Å². The van der Waals surface area contributed by atoms with Crippen molar-refractivity contribution in [3.8, 4) is 0 Å². The van der Waals surface area contributed by atoms with E-state index in [1.54, 1.807) is 0 Å². The van der Waals surface area contributed by atoms with Crippen molar-refractivity contribution in [3.05, 3.63) is 5.01 Å². The van der Waals surface area contributed by atoms with E-state index >= 15 is 0 Å². The molecule has 0 aliphatic carbocycles. The number of aromatic nitrogens is 2. The Balaban J connectivity index is 2.00. The summed E-state index contributed by atoms with van der Waals surface area (Å²) >= 11 is 1.44. The molecule has 0 aromatic carbocycles. The molecule has 1 aromatic heterocycles. The minimum Gasteiger partial charge on any atom is -0.314 e. The van der Waals surface area contributed by atoms with E-state index in [4.69, 9.17) is 0 Å². The number of piperazine rings is 1. The monoisotopic (exact) mass is 283 g/mol. The van der Waals surface area contributed by atoms with Gasteiger partial charge in [0.05, 0.1) is 5.54 Å². The van der Waals surface area contributed by atoms with Crippen molar-refractivity contribution in [3.63, 3.8) is 0 Å². The van der Waals surface area contributed by atoms with E-state index in [2.05, 4.69) is 25.7 Å². The highest BCUT2D eigenvalue weighted by Crippen LogP contribution is 2.20. The van der Waals surface area contributed by atoms with Gasteiger partial charge in [-0.1, -0.05) is 18.3 Å². The molecule has 0 unspecified atom stereocenters. The number of hydrogen-bond donors (Lipinski definition) is 2. The van der Waals surface area contributed by atoms with Crippen LogP contribution in [0.5, 0.6) is 0 Å². The highest BCUT2D eigenvalue weighted by atomic mass is 32.1. The molecule has 1 aliphatic heterocycles. The average molecular weight is 283 g/mol. The van der Waals surface area contributed by atoms with Gasteiger partial charge in [0.1, 0.15) is 5.01 Å². The lowest BCUT2D eigenvalue weighted by Crippen LogP contribution is -2.58. The molecule has 1 aromatic rings. The van der Waals surface area contributed by atoms with Crippen LogP contribution in [0.2, 0.25) is 0 Å². The molecule has 1 saturated heterocycles. The topological polar surface area (TPSA) is 70.2 Å². The number of aryl methyl sites for hydroxylation is 1. The van der Waals surface area contributed by atoms with Crippen LogP contribution in [0.1, 0.15) is 25.8 Å². The Bertz CT molecular complexity index is 439. The van der Waals surface area contributed by atoms with E-state index < -0.39 is 5.54 Å². The Morgan fingerprint density at radius 3 is 2.68 bits per heavy atom. The summed E-state index contributed by atoms with van der Waals surface area (Å²) in [5.41, 5.74) is -0.528. The molecule has 0 spiro atoms. The molecule has 7 heteroatoms. The quantitative estimate of drug-likeness (QED) is 0.852. The lowest BCUT2D eigenvalue weighted by molar-refractivity contribution is -0.126. The van der Waals surface area contributed by atoms with Gasteiger partial charge in [-0.25, -0.2) is 0 Å². The summed E-state index contributed by atoms with van der Waals surface area (Å²) in [5, 5.41) is 15.7. The fourth-order valence-corrected chi connectivity index (χ4v) is 2.74. The lowest BCUT2D eigenvalue weighted by atomic mass is 10.0. The number of anilines is 1. The summed E-state index contributed by atoms with van der Waals surface area (Å²) in [7, 11) is 0. The van der Waals surface area contributed by atoms with Crippen LogP contribution in [0.3, 0.4) is 0 Å². The summed E-state index contributed by atoms with van der Waals surface area (Å²) in [5.74, 6) is -0.0202. The number of nitrogens with zero attached hydrogens (tertiary/aromatic N) is 3. The van der Waals surface area contributed by atoms with E-state index in [0.29, 0.717) is 5.13 Å². The molecule has 0 bridgehead atoms. The molecule has 106 valence electrons. The van der Waals surface area contributed by atoms with Gasteiger partial charge in [-0.3, -0.25) is 15.0 Å². The fraction of sp³-hybridized carbons (Fsp3) is 0.750. The van der Waals surface area contributed by atoms with Crippen molar-refractivity contribution in [1.29, 1.82) is 0 Å². The number of rotatable bonds is 4. The molecular weight excluding hydrogens is 262 g/mol. The van der Waals surface area contributed by atoms with Gasteiger partial charge in [0.25, 0.3) is 0 Å². The van der Waals surface area contributed by atoms with E-state index in [1.165, 1.54) is 11.3 Å². The molecule has 0 radical (unpaired) electrons. The zero-order valence-corrected chi connectivity index (χ0v) is 12.5. The first-order valence-corrected chi connectivity index (χ1v) is 7.45. The van der Waals surface area contributed by atoms with Gasteiger partial charge in [-0.15, -0.1) is 10.2 Å². The van der Waals surface area contributed by atoms with Gasteiger partial charge in [-0.05, 0) is 20.3 Å². The van der Waals surface area contributed by atoms with Gasteiger partial charge in [0.15, 0.2) is 0 Å². The second-order valence-corrected chi connectivity index (χ2v) is 6.17. The Morgan fingerprint density at radius 2 is 2.11 bits per heavy atom.